The van der Waals surface area contributed by atoms with E-state index in [-0.39, 0.29) is 0 Å². The van der Waals surface area contributed by atoms with Gasteiger partial charge >= 0.3 is 0 Å². The van der Waals surface area contributed by atoms with Gasteiger partial charge in [0, 0.05) is 23.0 Å². The highest BCUT2D eigenvalue weighted by atomic mass is 15.2. The largest absolute Gasteiger partial charge is 0.310 e. The van der Waals surface area contributed by atoms with E-state index >= 15 is 0 Å². The molecular formula is C59H38N6. The summed E-state index contributed by atoms with van der Waals surface area (Å²) in [5, 5.41) is 1.06. The maximum absolute atomic E-state index is 4.96. The predicted octanol–water partition coefficient (Wildman–Crippen LogP) is 13.6. The molecule has 0 saturated heterocycles. The molecule has 0 saturated carbocycles. The minimum absolute atomic E-state index is 0.631. The molecular weight excluding hydrogens is 793 g/mol. The van der Waals surface area contributed by atoms with Crippen LogP contribution in [0, 0.1) is 0 Å². The van der Waals surface area contributed by atoms with Crippen LogP contribution in [-0.4, -0.2) is 19.5 Å². The molecule has 0 bridgehead atoms. The number of nitrogens with zero attached hydrogens (tertiary/aromatic N) is 6. The third-order valence-electron chi connectivity index (χ3n) is 14.2. The normalized spacial score (nSPS) is 14.6. The van der Waals surface area contributed by atoms with Crippen molar-refractivity contribution in [1.82, 2.24) is 19.5 Å². The molecule has 5 heterocycles. The van der Waals surface area contributed by atoms with E-state index in [0.717, 1.165) is 50.4 Å². The van der Waals surface area contributed by atoms with Gasteiger partial charge in [0.05, 0.1) is 68.2 Å². The molecule has 0 N–H and O–H groups in total. The van der Waals surface area contributed by atoms with E-state index in [2.05, 4.69) is 225 Å². The Labute approximate surface area is 376 Å². The number of anilines is 6. The van der Waals surface area contributed by atoms with Crippen molar-refractivity contribution in [3.63, 3.8) is 0 Å². The van der Waals surface area contributed by atoms with E-state index in [1.165, 1.54) is 55.9 Å². The minimum atomic E-state index is -0.669. The molecule has 0 amide bonds. The zero-order chi connectivity index (χ0) is 42.7. The average Bonchev–Trinajstić information content (AvgIpc) is 3.71. The second kappa shape index (κ2) is 13.4. The third kappa shape index (κ3) is 4.59. The highest BCUT2D eigenvalue weighted by Gasteiger charge is 2.58. The van der Waals surface area contributed by atoms with Crippen molar-refractivity contribution in [2.75, 3.05) is 9.80 Å². The van der Waals surface area contributed by atoms with Crippen molar-refractivity contribution in [3.8, 4) is 5.69 Å². The summed E-state index contributed by atoms with van der Waals surface area (Å²) in [5.41, 5.74) is 19.6. The molecule has 0 atom stereocenters. The number of para-hydroxylation sites is 5. The molecule has 6 heteroatoms. The van der Waals surface area contributed by atoms with Gasteiger partial charge in [-0.15, -0.1) is 0 Å². The molecule has 11 aromatic rings. The van der Waals surface area contributed by atoms with Crippen LogP contribution in [0.2, 0.25) is 0 Å². The fourth-order valence-electron chi connectivity index (χ4n) is 12.0. The van der Waals surface area contributed by atoms with Crippen LogP contribution in [0.15, 0.2) is 231 Å². The molecule has 6 nitrogen and oxygen atoms in total. The topological polar surface area (TPSA) is 50.1 Å². The van der Waals surface area contributed by atoms with Crippen LogP contribution in [0.1, 0.15) is 44.5 Å². The predicted molar refractivity (Wildman–Crippen MR) is 261 cm³/mol. The first-order valence-corrected chi connectivity index (χ1v) is 22.2. The molecule has 8 aromatic carbocycles. The van der Waals surface area contributed by atoms with E-state index < -0.39 is 10.8 Å². The number of aromatic nitrogens is 4. The van der Waals surface area contributed by atoms with Crippen LogP contribution in [0.25, 0.3) is 27.6 Å². The highest BCUT2D eigenvalue weighted by molar-refractivity contribution is 6.09. The summed E-state index contributed by atoms with van der Waals surface area (Å²) in [6.07, 6.45) is 7.16. The lowest BCUT2D eigenvalue weighted by atomic mass is 9.49. The van der Waals surface area contributed by atoms with Gasteiger partial charge in [0.15, 0.2) is 0 Å². The molecule has 0 radical (unpaired) electrons. The lowest BCUT2D eigenvalue weighted by Crippen LogP contribution is -2.49. The van der Waals surface area contributed by atoms with Gasteiger partial charge in [-0.2, -0.15) is 0 Å². The Morgan fingerprint density at radius 3 is 1.26 bits per heavy atom. The minimum Gasteiger partial charge on any atom is -0.310 e. The Balaban J connectivity index is 1.06. The Hall–Kier alpha value is -8.61. The number of rotatable bonds is 3. The smallest absolute Gasteiger partial charge is 0.115 e. The summed E-state index contributed by atoms with van der Waals surface area (Å²) in [6.45, 7) is 0. The van der Waals surface area contributed by atoms with Gasteiger partial charge in [-0.25, -0.2) is 9.97 Å². The van der Waals surface area contributed by atoms with Crippen molar-refractivity contribution in [2.24, 2.45) is 0 Å². The second-order valence-electron chi connectivity index (χ2n) is 17.2. The molecule has 3 aliphatic rings. The summed E-state index contributed by atoms with van der Waals surface area (Å²) in [5.74, 6) is 0. The van der Waals surface area contributed by atoms with Crippen LogP contribution in [0.5, 0.6) is 0 Å². The van der Waals surface area contributed by atoms with Gasteiger partial charge in [0.25, 0.3) is 0 Å². The van der Waals surface area contributed by atoms with Gasteiger partial charge in [-0.05, 0) is 111 Å². The van der Waals surface area contributed by atoms with E-state index in [1.54, 1.807) is 6.33 Å². The fraction of sp³-hybridized carbons (Fsp3) is 0.0339. The van der Waals surface area contributed by atoms with Crippen LogP contribution >= 0.6 is 0 Å². The molecule has 2 aliphatic heterocycles. The SMILES string of the molecule is c1ccc(N2c3ccccc3C3(c4ccccc42)c2ccccc2C2(c4ccccc4N(c4ccc5c(c4)c4ncccc4n5-c4cncnc4)c4ccccc42)c2ccccc23)cc1. The standard InChI is InChI=1S/C59H38N6/c1-2-17-39(18-3-1)63-52-27-12-8-23-47(52)58(48-24-9-13-28-53(48)63)43-19-4-6-21-45(43)59(46-22-7-5-20-44(46)58)49-25-10-14-29-54(49)64(55-30-15-11-26-50(55)59)40-32-33-51-42(35-40)57-56(31-16-34-62-57)65(51)41-36-60-38-61-37-41/h1-38H. The molecule has 14 rings (SSSR count). The van der Waals surface area contributed by atoms with E-state index in [0.29, 0.717) is 0 Å². The van der Waals surface area contributed by atoms with Gasteiger partial charge in [-0.3, -0.25) is 4.98 Å². The Morgan fingerprint density at radius 1 is 0.338 bits per heavy atom. The van der Waals surface area contributed by atoms with E-state index in [9.17, 15) is 0 Å². The van der Waals surface area contributed by atoms with Crippen molar-refractivity contribution in [1.29, 1.82) is 0 Å². The summed E-state index contributed by atoms with van der Waals surface area (Å²) in [4.78, 5) is 18.6. The molecule has 2 spiro atoms. The Morgan fingerprint density at radius 2 is 0.769 bits per heavy atom. The molecule has 65 heavy (non-hydrogen) atoms. The number of benzene rings is 8. The zero-order valence-corrected chi connectivity index (χ0v) is 35.1. The van der Waals surface area contributed by atoms with Crippen molar-refractivity contribution in [3.05, 3.63) is 276 Å². The van der Waals surface area contributed by atoms with Crippen LogP contribution in [0.3, 0.4) is 0 Å². The number of hydrogen-bond donors (Lipinski definition) is 0. The van der Waals surface area contributed by atoms with Crippen molar-refractivity contribution in [2.45, 2.75) is 10.8 Å². The van der Waals surface area contributed by atoms with Gasteiger partial charge in [0.1, 0.15) is 6.33 Å². The van der Waals surface area contributed by atoms with Crippen LogP contribution < -0.4 is 9.80 Å². The van der Waals surface area contributed by atoms with Crippen LogP contribution in [0.4, 0.5) is 34.1 Å². The first-order chi connectivity index (χ1) is 32.3. The summed E-state index contributed by atoms with van der Waals surface area (Å²) in [7, 11) is 0. The summed E-state index contributed by atoms with van der Waals surface area (Å²) in [6, 6.07) is 76.6. The van der Waals surface area contributed by atoms with Crippen molar-refractivity contribution >= 4 is 56.1 Å². The van der Waals surface area contributed by atoms with Crippen molar-refractivity contribution < 1.29 is 0 Å². The highest BCUT2D eigenvalue weighted by Crippen LogP contribution is 2.68. The van der Waals surface area contributed by atoms with E-state index in [4.69, 9.17) is 4.98 Å². The van der Waals surface area contributed by atoms with Gasteiger partial charge < -0.3 is 14.4 Å². The Bertz CT molecular complexity index is 3560. The molecule has 3 aromatic heterocycles. The molecule has 0 unspecified atom stereocenters. The van der Waals surface area contributed by atoms with Crippen LogP contribution in [-0.2, 0) is 10.8 Å². The quantitative estimate of drug-likeness (QED) is 0.178. The van der Waals surface area contributed by atoms with E-state index in [1.807, 2.05) is 24.7 Å². The lowest BCUT2D eigenvalue weighted by molar-refractivity contribution is 0.607. The van der Waals surface area contributed by atoms with Gasteiger partial charge in [-0.1, -0.05) is 140 Å². The molecule has 304 valence electrons. The van der Waals surface area contributed by atoms with Gasteiger partial charge in [0.2, 0.25) is 0 Å². The average molecular weight is 831 g/mol. The fourth-order valence-corrected chi connectivity index (χ4v) is 12.0. The molecule has 0 fully saturated rings. The number of fused-ring (bicyclic) bond motifs is 17. The monoisotopic (exact) mass is 830 g/mol. The lowest BCUT2D eigenvalue weighted by Gasteiger charge is -2.56. The number of hydrogen-bond acceptors (Lipinski definition) is 5. The Kier molecular flexibility index (Phi) is 7.43. The maximum Gasteiger partial charge on any atom is 0.115 e. The summed E-state index contributed by atoms with van der Waals surface area (Å²) < 4.78 is 2.21. The zero-order valence-electron chi connectivity index (χ0n) is 35.1. The maximum atomic E-state index is 4.96. The second-order valence-corrected chi connectivity index (χ2v) is 17.2. The first kappa shape index (κ1) is 35.9. The molecule has 1 aliphatic carbocycles. The number of pyridine rings is 1. The summed E-state index contributed by atoms with van der Waals surface area (Å²) >= 11 is 0. The first-order valence-electron chi connectivity index (χ1n) is 22.2. The third-order valence-corrected chi connectivity index (χ3v) is 14.2.